The summed E-state index contributed by atoms with van der Waals surface area (Å²) < 4.78 is 0. The highest BCUT2D eigenvalue weighted by Gasteiger charge is 2.38. The highest BCUT2D eigenvalue weighted by molar-refractivity contribution is 6.00. The molecule has 0 radical (unpaired) electrons. The van der Waals surface area contributed by atoms with Gasteiger partial charge in [-0.1, -0.05) is 0 Å². The molecule has 0 heterocycles. The Balaban J connectivity index is 7.41. The summed E-state index contributed by atoms with van der Waals surface area (Å²) in [4.78, 5) is 277. The van der Waals surface area contributed by atoms with E-state index in [-0.39, 0.29) is 0 Å². The maximum absolute atomic E-state index is 14.1. The quantitative estimate of drug-likeness (QED) is 0.0269. The van der Waals surface area contributed by atoms with E-state index in [9.17, 15) is 157 Å². The minimum absolute atomic E-state index is 0.485. The fraction of sp³-hybridized carbons (Fsp3) is 0.600. The number of hydrogen-bond donors (Lipinski definition) is 23. The molecule has 0 spiro atoms. The van der Waals surface area contributed by atoms with Crippen molar-refractivity contribution in [2.75, 3.05) is 0 Å². The van der Waals surface area contributed by atoms with Gasteiger partial charge < -0.3 is 120 Å². The summed E-state index contributed by atoms with van der Waals surface area (Å²) in [5.41, 5.74) is 5.70. The minimum atomic E-state index is -2.22. The monoisotopic (exact) mass is 1440 g/mol. The van der Waals surface area contributed by atoms with Crippen LogP contribution in [0.25, 0.3) is 0 Å². The van der Waals surface area contributed by atoms with Crippen LogP contribution in [-0.2, 0) is 105 Å². The van der Waals surface area contributed by atoms with Crippen LogP contribution in [0.2, 0.25) is 0 Å². The van der Waals surface area contributed by atoms with E-state index >= 15 is 0 Å². The van der Waals surface area contributed by atoms with Gasteiger partial charge in [0.25, 0.3) is 0 Å². The summed E-state index contributed by atoms with van der Waals surface area (Å²) in [5.74, 6) is -34.2. The fourth-order valence-electron chi connectivity index (χ4n) is 8.49. The van der Waals surface area contributed by atoms with Gasteiger partial charge in [0, 0.05) is 70.6 Å². The summed E-state index contributed by atoms with van der Waals surface area (Å²) in [6.07, 6.45) is -19.6. The van der Waals surface area contributed by atoms with Crippen LogP contribution in [0.1, 0.15) is 141 Å². The zero-order valence-corrected chi connectivity index (χ0v) is 52.8. The summed E-state index contributed by atoms with van der Waals surface area (Å²) in [7, 11) is 0. The fourth-order valence-corrected chi connectivity index (χ4v) is 8.49. The van der Waals surface area contributed by atoms with E-state index in [1.165, 1.54) is 0 Å². The van der Waals surface area contributed by atoms with Crippen molar-refractivity contribution in [2.24, 2.45) is 5.73 Å². The Bertz CT molecular complexity index is 3050. The number of aliphatic carboxylic acids is 12. The lowest BCUT2D eigenvalue weighted by Crippen LogP contribution is -2.61. The van der Waals surface area contributed by atoms with Crippen LogP contribution in [0.4, 0.5) is 0 Å². The van der Waals surface area contributed by atoms with Crippen LogP contribution in [0.5, 0.6) is 0 Å². The summed E-state index contributed by atoms with van der Waals surface area (Å²) in [5, 5.41) is 133. The average Bonchev–Trinajstić information content (AvgIpc) is 0.868. The molecule has 558 valence electrons. The Morgan fingerprint density at radius 2 is 0.290 bits per heavy atom. The number of carbonyl (C=O) groups excluding carboxylic acids is 10. The van der Waals surface area contributed by atoms with E-state index in [0.717, 1.165) is 0 Å². The molecule has 0 saturated heterocycles. The minimum Gasteiger partial charge on any atom is -0.481 e. The van der Waals surface area contributed by atoms with Crippen LogP contribution in [-0.4, -0.2) is 258 Å². The number of nitrogens with one attached hydrogen (secondary N) is 10. The first kappa shape index (κ1) is 88.3. The van der Waals surface area contributed by atoms with E-state index in [1.807, 2.05) is 42.5 Å². The Morgan fingerprint density at radius 1 is 0.180 bits per heavy atom. The van der Waals surface area contributed by atoms with Crippen LogP contribution in [0.3, 0.4) is 0 Å². The smallest absolute Gasteiger partial charge is 0.326 e. The van der Waals surface area contributed by atoms with Crippen LogP contribution >= 0.6 is 0 Å². The van der Waals surface area contributed by atoms with Gasteiger partial charge in [-0.05, 0) is 70.6 Å². The number of carboxylic acid groups (broad SMARTS) is 12. The highest BCUT2D eigenvalue weighted by Crippen LogP contribution is 2.13. The number of carboxylic acids is 12. The van der Waals surface area contributed by atoms with E-state index in [4.69, 9.17) is 15.9 Å². The first-order chi connectivity index (χ1) is 46.5. The number of rotatable bonds is 54. The van der Waals surface area contributed by atoms with Crippen molar-refractivity contribution in [2.45, 2.75) is 208 Å². The normalized spacial score (nSPS) is 14.1. The van der Waals surface area contributed by atoms with Crippen molar-refractivity contribution in [3.05, 3.63) is 0 Å². The van der Waals surface area contributed by atoms with E-state index in [2.05, 4.69) is 10.6 Å². The molecule has 24 N–H and O–H groups in total. The zero-order chi connectivity index (χ0) is 76.7. The molecule has 45 nitrogen and oxygen atoms in total. The van der Waals surface area contributed by atoms with Crippen molar-refractivity contribution in [3.63, 3.8) is 0 Å². The predicted octanol–water partition coefficient (Wildman–Crippen LogP) is -7.24. The molecule has 0 bridgehead atoms. The molecule has 10 amide bonds. The largest absolute Gasteiger partial charge is 0.481 e. The molecule has 0 aromatic heterocycles. The molecular weight excluding hydrogens is 1360 g/mol. The van der Waals surface area contributed by atoms with Gasteiger partial charge in [-0.3, -0.25) is 101 Å². The van der Waals surface area contributed by atoms with E-state index in [1.54, 1.807) is 0 Å². The lowest BCUT2D eigenvalue weighted by Gasteiger charge is -2.28. The van der Waals surface area contributed by atoms with Gasteiger partial charge in [0.15, 0.2) is 0 Å². The molecule has 0 aliphatic heterocycles. The molecule has 11 atom stereocenters. The van der Waals surface area contributed by atoms with Crippen LogP contribution in [0, 0.1) is 0 Å². The number of amides is 10. The second kappa shape index (κ2) is 45.7. The summed E-state index contributed by atoms with van der Waals surface area (Å²) in [6.45, 7) is 0. The molecule has 0 aromatic carbocycles. The van der Waals surface area contributed by atoms with Gasteiger partial charge >= 0.3 is 71.6 Å². The topological polar surface area (TPSA) is 765 Å². The molecule has 45 heteroatoms. The Kier molecular flexibility index (Phi) is 40.3. The Labute approximate surface area is 562 Å². The van der Waals surface area contributed by atoms with Crippen molar-refractivity contribution < 1.29 is 167 Å². The van der Waals surface area contributed by atoms with Gasteiger partial charge in [-0.25, -0.2) is 4.79 Å². The maximum atomic E-state index is 14.1. The Hall–Kier alpha value is -11.7. The molecule has 0 fully saturated rings. The van der Waals surface area contributed by atoms with Crippen molar-refractivity contribution >= 4 is 131 Å². The average molecular weight is 1440 g/mol. The number of carbonyl (C=O) groups is 22. The standard InChI is InChI=1S/C55H79N11O34/c56-23(1-12-34(67)68)45(89)57-24(2-13-35(69)70)46(90)58-25(3-14-36(71)72)47(91)59-26(4-15-37(73)74)48(92)60-27(5-16-38(75)76)49(93)61-28(6-17-39(77)78)50(94)62-29(7-18-40(79)80)51(95)63-30(8-19-41(81)82)52(96)64-31(9-20-42(83)84)53(97)65-32(10-21-43(85)86)54(98)66-33(55(99)100)11-22-44(87)88/h23-33H,1-22,56H2,(H,57,89)(H,58,90)(H,59,91)(H,60,92)(H,61,93)(H,62,94)(H,63,95)(H,64,96)(H,65,97)(H,66,98)(H,67,68)(H,69,70)(H,71,72)(H,73,74)(H,75,76)(H,77,78)(H,79,80)(H,81,82)(H,83,84)(H,85,86)(H,87,88)(H,99,100)/t23-,24-,25-,26-,27-,28-,29-,30-,31-,32-,33-/m0/s1. The molecule has 100 heavy (non-hydrogen) atoms. The predicted molar refractivity (Wildman–Crippen MR) is 320 cm³/mol. The zero-order valence-electron chi connectivity index (χ0n) is 52.8. The first-order valence-electron chi connectivity index (χ1n) is 29.9. The number of hydrogen-bond acceptors (Lipinski definition) is 23. The third-order valence-electron chi connectivity index (χ3n) is 13.8. The lowest BCUT2D eigenvalue weighted by molar-refractivity contribution is -0.144. The Morgan fingerprint density at radius 3 is 0.420 bits per heavy atom. The van der Waals surface area contributed by atoms with Crippen molar-refractivity contribution in [1.29, 1.82) is 0 Å². The van der Waals surface area contributed by atoms with Gasteiger partial charge in [0.1, 0.15) is 60.4 Å². The van der Waals surface area contributed by atoms with Gasteiger partial charge in [0.05, 0.1) is 6.04 Å². The van der Waals surface area contributed by atoms with E-state index in [0.29, 0.717) is 0 Å². The lowest BCUT2D eigenvalue weighted by atomic mass is 10.0. The van der Waals surface area contributed by atoms with Gasteiger partial charge in [-0.15, -0.1) is 0 Å². The summed E-state index contributed by atoms with van der Waals surface area (Å²) >= 11 is 0. The van der Waals surface area contributed by atoms with E-state index < -0.39 is 338 Å². The molecule has 0 saturated carbocycles. The third kappa shape index (κ3) is 38.7. The second-order valence-electron chi connectivity index (χ2n) is 21.8. The third-order valence-corrected chi connectivity index (χ3v) is 13.8. The maximum Gasteiger partial charge on any atom is 0.326 e. The molecular formula is C55H79N11O34. The van der Waals surface area contributed by atoms with Crippen molar-refractivity contribution in [3.8, 4) is 0 Å². The van der Waals surface area contributed by atoms with Crippen molar-refractivity contribution in [1.82, 2.24) is 53.2 Å². The molecule has 0 aliphatic carbocycles. The SMILES string of the molecule is N[C@@H](CCC(=O)O)C(=O)N[C@@H](CCC(=O)O)C(=O)N[C@@H](CCC(=O)O)C(=O)N[C@@H](CCC(=O)O)C(=O)N[C@@H](CCC(=O)O)C(=O)N[C@@H](CCC(=O)O)C(=O)N[C@@H](CCC(=O)O)C(=O)N[C@@H](CCC(=O)O)C(=O)N[C@@H](CCC(=O)O)C(=O)N[C@@H](CCC(=O)O)C(=O)N[C@@H](CCC(=O)O)C(=O)O. The number of nitrogens with two attached hydrogens (primary N) is 1. The molecule has 0 aromatic rings. The molecule has 0 aliphatic rings. The van der Waals surface area contributed by atoms with Crippen LogP contribution < -0.4 is 58.9 Å². The van der Waals surface area contributed by atoms with Gasteiger partial charge in [0.2, 0.25) is 59.1 Å². The molecule has 0 unspecified atom stereocenters. The van der Waals surface area contributed by atoms with Crippen LogP contribution in [0.15, 0.2) is 0 Å². The second-order valence-corrected chi connectivity index (χ2v) is 21.8. The summed E-state index contributed by atoms with van der Waals surface area (Å²) in [6, 6.07) is -22.6. The first-order valence-corrected chi connectivity index (χ1v) is 29.9. The highest BCUT2D eigenvalue weighted by atomic mass is 16.4. The molecule has 0 rings (SSSR count). The van der Waals surface area contributed by atoms with Gasteiger partial charge in [-0.2, -0.15) is 0 Å².